The van der Waals surface area contributed by atoms with Crippen LogP contribution in [0.4, 0.5) is 0 Å². The smallest absolute Gasteiger partial charge is 0.0768 e. The molecule has 1 aromatic rings. The summed E-state index contributed by atoms with van der Waals surface area (Å²) in [5.74, 6) is 0.423. The maximum absolute atomic E-state index is 10.1. The number of rotatable bonds is 3. The zero-order valence-electron chi connectivity index (χ0n) is 8.23. The second-order valence-electron chi connectivity index (χ2n) is 4.08. The van der Waals surface area contributed by atoms with Crippen molar-refractivity contribution in [3.63, 3.8) is 0 Å². The molecule has 0 radical (unpaired) electrons. The predicted molar refractivity (Wildman–Crippen MR) is 59.2 cm³/mol. The Hall–Kier alpha value is -0.380. The molecule has 14 heavy (non-hydrogen) atoms. The van der Waals surface area contributed by atoms with Crippen molar-refractivity contribution in [3.05, 3.63) is 22.4 Å². The van der Waals surface area contributed by atoms with E-state index in [-0.39, 0.29) is 12.1 Å². The monoisotopic (exact) mass is 211 g/mol. The molecule has 1 aliphatic carbocycles. The van der Waals surface area contributed by atoms with Crippen LogP contribution in [0.3, 0.4) is 0 Å². The van der Waals surface area contributed by atoms with Crippen LogP contribution in [-0.4, -0.2) is 11.2 Å². The van der Waals surface area contributed by atoms with Gasteiger partial charge in [0.05, 0.1) is 12.1 Å². The Balaban J connectivity index is 2.00. The third kappa shape index (κ3) is 2.00. The highest BCUT2D eigenvalue weighted by molar-refractivity contribution is 7.10. The number of hydrogen-bond acceptors (Lipinski definition) is 3. The van der Waals surface area contributed by atoms with Crippen molar-refractivity contribution in [2.45, 2.75) is 37.8 Å². The maximum atomic E-state index is 10.1. The van der Waals surface area contributed by atoms with Crippen LogP contribution in [0.5, 0.6) is 0 Å². The van der Waals surface area contributed by atoms with Gasteiger partial charge in [-0.3, -0.25) is 0 Å². The largest absolute Gasteiger partial charge is 0.391 e. The Morgan fingerprint density at radius 2 is 2.14 bits per heavy atom. The van der Waals surface area contributed by atoms with Gasteiger partial charge in [0.1, 0.15) is 0 Å². The minimum absolute atomic E-state index is 0.182. The topological polar surface area (TPSA) is 46.2 Å². The molecule has 3 N–H and O–H groups in total. The Labute approximate surface area is 88.8 Å². The summed E-state index contributed by atoms with van der Waals surface area (Å²) >= 11 is 1.63. The minimum atomic E-state index is -0.351. The first-order valence-corrected chi connectivity index (χ1v) is 6.14. The first kappa shape index (κ1) is 10.1. The molecule has 0 amide bonds. The van der Waals surface area contributed by atoms with E-state index in [4.69, 9.17) is 5.73 Å². The van der Waals surface area contributed by atoms with Crippen molar-refractivity contribution in [2.24, 2.45) is 11.7 Å². The van der Waals surface area contributed by atoms with Gasteiger partial charge in [0, 0.05) is 4.88 Å². The molecule has 1 aliphatic rings. The SMILES string of the molecule is N[C@@H](c1cccs1)[C@H](O)C1CCCC1. The van der Waals surface area contributed by atoms with E-state index >= 15 is 0 Å². The minimum Gasteiger partial charge on any atom is -0.391 e. The predicted octanol–water partition coefficient (Wildman–Crippen LogP) is 2.30. The molecule has 78 valence electrons. The van der Waals surface area contributed by atoms with Gasteiger partial charge >= 0.3 is 0 Å². The summed E-state index contributed by atoms with van der Waals surface area (Å²) in [5.41, 5.74) is 6.02. The summed E-state index contributed by atoms with van der Waals surface area (Å²) in [6.07, 6.45) is 4.43. The van der Waals surface area contributed by atoms with Crippen LogP contribution in [0.15, 0.2) is 17.5 Å². The second-order valence-corrected chi connectivity index (χ2v) is 5.06. The van der Waals surface area contributed by atoms with Crippen molar-refractivity contribution < 1.29 is 5.11 Å². The highest BCUT2D eigenvalue weighted by Gasteiger charge is 2.28. The lowest BCUT2D eigenvalue weighted by Crippen LogP contribution is -2.31. The summed E-state index contributed by atoms with van der Waals surface area (Å²) in [4.78, 5) is 1.10. The molecule has 3 heteroatoms. The first-order chi connectivity index (χ1) is 6.79. The average Bonchev–Trinajstić information content (AvgIpc) is 2.87. The molecule has 1 aromatic heterocycles. The summed E-state index contributed by atoms with van der Waals surface area (Å²) < 4.78 is 0. The van der Waals surface area contributed by atoms with E-state index < -0.39 is 0 Å². The fraction of sp³-hybridized carbons (Fsp3) is 0.636. The van der Waals surface area contributed by atoms with Gasteiger partial charge in [0.25, 0.3) is 0 Å². The van der Waals surface area contributed by atoms with Crippen molar-refractivity contribution >= 4 is 11.3 Å². The lowest BCUT2D eigenvalue weighted by Gasteiger charge is -2.23. The van der Waals surface area contributed by atoms with E-state index in [1.54, 1.807) is 11.3 Å². The van der Waals surface area contributed by atoms with E-state index in [9.17, 15) is 5.11 Å². The summed E-state index contributed by atoms with van der Waals surface area (Å²) in [6.45, 7) is 0. The Morgan fingerprint density at radius 3 is 2.71 bits per heavy atom. The van der Waals surface area contributed by atoms with E-state index in [0.717, 1.165) is 17.7 Å². The standard InChI is InChI=1S/C11H17NOS/c12-10(9-6-3-7-14-9)11(13)8-4-1-2-5-8/h3,6-8,10-11,13H,1-2,4-5,12H2/t10-,11+/m0/s1. The molecule has 2 atom stereocenters. The van der Waals surface area contributed by atoms with Crippen LogP contribution >= 0.6 is 11.3 Å². The Bertz CT molecular complexity index is 267. The normalized spacial score (nSPS) is 22.4. The van der Waals surface area contributed by atoms with Gasteiger partial charge in [-0.05, 0) is 30.2 Å². The average molecular weight is 211 g/mol. The molecule has 0 bridgehead atoms. The zero-order chi connectivity index (χ0) is 9.97. The molecule has 2 nitrogen and oxygen atoms in total. The van der Waals surface area contributed by atoms with Crippen LogP contribution in [0.1, 0.15) is 36.6 Å². The third-order valence-corrected chi connectivity index (χ3v) is 4.10. The number of aliphatic hydroxyl groups is 1. The highest BCUT2D eigenvalue weighted by Crippen LogP contribution is 2.33. The molecule has 0 saturated heterocycles. The number of hydrogen-bond donors (Lipinski definition) is 2. The van der Waals surface area contributed by atoms with Gasteiger partial charge < -0.3 is 10.8 Å². The van der Waals surface area contributed by atoms with E-state index in [1.165, 1.54) is 12.8 Å². The summed E-state index contributed by atoms with van der Waals surface area (Å²) in [6, 6.07) is 3.81. The summed E-state index contributed by atoms with van der Waals surface area (Å²) in [5, 5.41) is 12.1. The number of nitrogens with two attached hydrogens (primary N) is 1. The van der Waals surface area contributed by atoms with Crippen LogP contribution in [-0.2, 0) is 0 Å². The van der Waals surface area contributed by atoms with E-state index in [0.29, 0.717) is 5.92 Å². The van der Waals surface area contributed by atoms with Gasteiger partial charge in [-0.2, -0.15) is 0 Å². The fourth-order valence-corrected chi connectivity index (χ4v) is 3.01. The molecule has 1 heterocycles. The molecule has 1 saturated carbocycles. The van der Waals surface area contributed by atoms with E-state index in [2.05, 4.69) is 0 Å². The van der Waals surface area contributed by atoms with Crippen LogP contribution in [0.2, 0.25) is 0 Å². The van der Waals surface area contributed by atoms with Crippen LogP contribution < -0.4 is 5.73 Å². The first-order valence-electron chi connectivity index (χ1n) is 5.26. The molecule has 1 fully saturated rings. The van der Waals surface area contributed by atoms with Crippen molar-refractivity contribution in [1.29, 1.82) is 0 Å². The van der Waals surface area contributed by atoms with Gasteiger partial charge in [0.2, 0.25) is 0 Å². The van der Waals surface area contributed by atoms with Crippen LogP contribution in [0, 0.1) is 5.92 Å². The van der Waals surface area contributed by atoms with Gasteiger partial charge in [-0.25, -0.2) is 0 Å². The Kier molecular flexibility index (Phi) is 3.21. The van der Waals surface area contributed by atoms with Crippen molar-refractivity contribution in [2.75, 3.05) is 0 Å². The van der Waals surface area contributed by atoms with Gasteiger partial charge in [-0.1, -0.05) is 18.9 Å². The van der Waals surface area contributed by atoms with E-state index in [1.807, 2.05) is 17.5 Å². The molecule has 0 spiro atoms. The molecule has 2 rings (SSSR count). The molecule has 0 aliphatic heterocycles. The lowest BCUT2D eigenvalue weighted by molar-refractivity contribution is 0.0856. The van der Waals surface area contributed by atoms with Crippen molar-refractivity contribution in [1.82, 2.24) is 0 Å². The molecular formula is C11H17NOS. The maximum Gasteiger partial charge on any atom is 0.0768 e. The molecule has 0 unspecified atom stereocenters. The number of aliphatic hydroxyl groups excluding tert-OH is 1. The zero-order valence-corrected chi connectivity index (χ0v) is 9.04. The third-order valence-electron chi connectivity index (χ3n) is 3.12. The summed E-state index contributed by atoms with van der Waals surface area (Å²) in [7, 11) is 0. The van der Waals surface area contributed by atoms with Crippen molar-refractivity contribution in [3.8, 4) is 0 Å². The molecule has 0 aromatic carbocycles. The van der Waals surface area contributed by atoms with Crippen LogP contribution in [0.25, 0.3) is 0 Å². The Morgan fingerprint density at radius 1 is 1.43 bits per heavy atom. The second kappa shape index (κ2) is 4.43. The lowest BCUT2D eigenvalue weighted by atomic mass is 9.94. The van der Waals surface area contributed by atoms with Gasteiger partial charge in [-0.15, -0.1) is 11.3 Å². The fourth-order valence-electron chi connectivity index (χ4n) is 2.24. The van der Waals surface area contributed by atoms with Gasteiger partial charge in [0.15, 0.2) is 0 Å². The molecular weight excluding hydrogens is 194 g/mol. The quantitative estimate of drug-likeness (QED) is 0.806. The highest BCUT2D eigenvalue weighted by atomic mass is 32.1. The number of thiophene rings is 1.